The van der Waals surface area contributed by atoms with Crippen molar-refractivity contribution in [1.82, 2.24) is 4.90 Å². The lowest BCUT2D eigenvalue weighted by Crippen LogP contribution is -2.36. The molecule has 2 aliphatic rings. The van der Waals surface area contributed by atoms with Gasteiger partial charge in [0.15, 0.2) is 0 Å². The van der Waals surface area contributed by atoms with Gasteiger partial charge in [-0.25, -0.2) is 0 Å². The van der Waals surface area contributed by atoms with Crippen LogP contribution in [-0.4, -0.2) is 43.9 Å². The van der Waals surface area contributed by atoms with Crippen molar-refractivity contribution in [3.63, 3.8) is 0 Å². The van der Waals surface area contributed by atoms with Gasteiger partial charge in [0, 0.05) is 38.6 Å². The SMILES string of the molecule is C=C(C#CCN1CCC=C(CC(C)C)CC1)/C=C\C(=C/C)OC1CC(OC)C1. The third-order valence-electron chi connectivity index (χ3n) is 5.27. The number of hydrogen-bond donors (Lipinski definition) is 0. The van der Waals surface area contributed by atoms with E-state index in [0.29, 0.717) is 6.10 Å². The minimum Gasteiger partial charge on any atom is -0.491 e. The quantitative estimate of drug-likeness (QED) is 0.247. The summed E-state index contributed by atoms with van der Waals surface area (Å²) in [5, 5.41) is 0. The van der Waals surface area contributed by atoms with E-state index >= 15 is 0 Å². The Morgan fingerprint density at radius 1 is 1.29 bits per heavy atom. The zero-order valence-electron chi connectivity index (χ0n) is 18.2. The first-order chi connectivity index (χ1) is 13.5. The number of rotatable bonds is 8. The Morgan fingerprint density at radius 3 is 2.75 bits per heavy atom. The van der Waals surface area contributed by atoms with Gasteiger partial charge in [0.1, 0.15) is 11.9 Å². The number of allylic oxidation sites excluding steroid dienone is 4. The number of hydrogen-bond acceptors (Lipinski definition) is 3. The van der Waals surface area contributed by atoms with E-state index in [-0.39, 0.29) is 6.10 Å². The highest BCUT2D eigenvalue weighted by Gasteiger charge is 2.30. The molecule has 0 N–H and O–H groups in total. The van der Waals surface area contributed by atoms with Gasteiger partial charge in [0.2, 0.25) is 0 Å². The summed E-state index contributed by atoms with van der Waals surface area (Å²) < 4.78 is 11.3. The molecular weight excluding hydrogens is 346 g/mol. The van der Waals surface area contributed by atoms with E-state index in [4.69, 9.17) is 9.47 Å². The minimum atomic E-state index is 0.261. The van der Waals surface area contributed by atoms with Crippen LogP contribution in [0.5, 0.6) is 0 Å². The topological polar surface area (TPSA) is 21.7 Å². The summed E-state index contributed by atoms with van der Waals surface area (Å²) in [6.45, 7) is 13.6. The van der Waals surface area contributed by atoms with E-state index < -0.39 is 0 Å². The van der Waals surface area contributed by atoms with Crippen LogP contribution in [0.25, 0.3) is 0 Å². The molecule has 28 heavy (non-hydrogen) atoms. The van der Waals surface area contributed by atoms with E-state index in [1.165, 1.54) is 12.8 Å². The Hall–Kier alpha value is -1.76. The van der Waals surface area contributed by atoms with Crippen LogP contribution >= 0.6 is 0 Å². The summed E-state index contributed by atoms with van der Waals surface area (Å²) in [7, 11) is 1.76. The molecule has 0 aromatic heterocycles. The van der Waals surface area contributed by atoms with Gasteiger partial charge in [-0.2, -0.15) is 0 Å². The van der Waals surface area contributed by atoms with Crippen molar-refractivity contribution in [2.24, 2.45) is 5.92 Å². The summed E-state index contributed by atoms with van der Waals surface area (Å²) >= 11 is 0. The van der Waals surface area contributed by atoms with Crippen molar-refractivity contribution in [3.8, 4) is 11.8 Å². The highest BCUT2D eigenvalue weighted by atomic mass is 16.5. The molecule has 3 nitrogen and oxygen atoms in total. The van der Waals surface area contributed by atoms with Crippen molar-refractivity contribution in [2.45, 2.75) is 65.1 Å². The van der Waals surface area contributed by atoms with E-state index in [1.807, 2.05) is 25.2 Å². The summed E-state index contributed by atoms with van der Waals surface area (Å²) in [6, 6.07) is 0. The first kappa shape index (κ1) is 22.5. The molecule has 1 fully saturated rings. The van der Waals surface area contributed by atoms with E-state index in [1.54, 1.807) is 12.7 Å². The molecule has 3 heteroatoms. The highest BCUT2D eigenvalue weighted by Crippen LogP contribution is 2.27. The van der Waals surface area contributed by atoms with Gasteiger partial charge in [0.25, 0.3) is 0 Å². The largest absolute Gasteiger partial charge is 0.491 e. The van der Waals surface area contributed by atoms with Crippen LogP contribution in [0.1, 0.15) is 52.9 Å². The predicted molar refractivity (Wildman–Crippen MR) is 118 cm³/mol. The molecule has 0 spiro atoms. The zero-order chi connectivity index (χ0) is 20.4. The molecule has 1 aliphatic carbocycles. The van der Waals surface area contributed by atoms with Gasteiger partial charge in [-0.05, 0) is 50.3 Å². The number of ether oxygens (including phenoxy) is 2. The molecule has 0 atom stereocenters. The summed E-state index contributed by atoms with van der Waals surface area (Å²) in [5.74, 6) is 8.07. The van der Waals surface area contributed by atoms with Gasteiger partial charge < -0.3 is 9.47 Å². The minimum absolute atomic E-state index is 0.261. The van der Waals surface area contributed by atoms with Crippen LogP contribution in [0.2, 0.25) is 0 Å². The summed E-state index contributed by atoms with van der Waals surface area (Å²) in [6.07, 6.45) is 14.4. The van der Waals surface area contributed by atoms with Crippen molar-refractivity contribution >= 4 is 0 Å². The van der Waals surface area contributed by atoms with Crippen molar-refractivity contribution in [1.29, 1.82) is 0 Å². The Kier molecular flexibility index (Phi) is 9.61. The van der Waals surface area contributed by atoms with Crippen LogP contribution in [0.4, 0.5) is 0 Å². The predicted octanol–water partition coefficient (Wildman–Crippen LogP) is 5.27. The average molecular weight is 384 g/mol. The van der Waals surface area contributed by atoms with E-state index in [0.717, 1.165) is 56.1 Å². The first-order valence-electron chi connectivity index (χ1n) is 10.6. The van der Waals surface area contributed by atoms with Gasteiger partial charge in [0.05, 0.1) is 12.6 Å². The zero-order valence-corrected chi connectivity index (χ0v) is 18.2. The van der Waals surface area contributed by atoms with E-state index in [9.17, 15) is 0 Å². The lowest BCUT2D eigenvalue weighted by molar-refractivity contribution is -0.0616. The molecule has 2 rings (SSSR count). The Bertz CT molecular complexity index is 654. The lowest BCUT2D eigenvalue weighted by atomic mass is 9.92. The van der Waals surface area contributed by atoms with Crippen LogP contribution in [0.15, 0.2) is 47.8 Å². The smallest absolute Gasteiger partial charge is 0.115 e. The van der Waals surface area contributed by atoms with Crippen LogP contribution < -0.4 is 0 Å². The molecule has 0 aromatic rings. The van der Waals surface area contributed by atoms with Gasteiger partial charge in [-0.1, -0.05) is 43.9 Å². The average Bonchev–Trinajstić information content (AvgIpc) is 2.85. The molecule has 0 bridgehead atoms. The monoisotopic (exact) mass is 383 g/mol. The van der Waals surface area contributed by atoms with Gasteiger partial charge >= 0.3 is 0 Å². The maximum Gasteiger partial charge on any atom is 0.115 e. The van der Waals surface area contributed by atoms with Gasteiger partial charge in [-0.3, -0.25) is 4.90 Å². The second kappa shape index (κ2) is 11.9. The molecular formula is C25H37NO2. The summed E-state index contributed by atoms with van der Waals surface area (Å²) in [5.41, 5.74) is 2.43. The normalized spacial score (nSPS) is 23.6. The third-order valence-corrected chi connectivity index (χ3v) is 5.27. The van der Waals surface area contributed by atoms with Crippen molar-refractivity contribution in [3.05, 3.63) is 47.8 Å². The molecule has 1 heterocycles. The molecule has 0 amide bonds. The lowest BCUT2D eigenvalue weighted by Gasteiger charge is -2.34. The molecule has 154 valence electrons. The fourth-order valence-corrected chi connectivity index (χ4v) is 3.53. The van der Waals surface area contributed by atoms with E-state index in [2.05, 4.69) is 43.2 Å². The molecule has 0 unspecified atom stereocenters. The van der Waals surface area contributed by atoms with Crippen molar-refractivity contribution in [2.75, 3.05) is 26.7 Å². The maximum absolute atomic E-state index is 5.96. The molecule has 0 saturated heterocycles. The Labute approximate surface area is 172 Å². The molecule has 1 aliphatic heterocycles. The third kappa shape index (κ3) is 8.09. The number of nitrogens with zero attached hydrogens (tertiary/aromatic N) is 1. The highest BCUT2D eigenvalue weighted by molar-refractivity contribution is 5.38. The molecule has 1 saturated carbocycles. The summed E-state index contributed by atoms with van der Waals surface area (Å²) in [4.78, 5) is 2.44. The van der Waals surface area contributed by atoms with Crippen LogP contribution in [0, 0.1) is 17.8 Å². The Morgan fingerprint density at radius 2 is 2.07 bits per heavy atom. The fourth-order valence-electron chi connectivity index (χ4n) is 3.53. The van der Waals surface area contributed by atoms with Crippen molar-refractivity contribution < 1.29 is 9.47 Å². The molecule has 0 radical (unpaired) electrons. The number of methoxy groups -OCH3 is 1. The van der Waals surface area contributed by atoms with Crippen LogP contribution in [0.3, 0.4) is 0 Å². The maximum atomic E-state index is 5.96. The van der Waals surface area contributed by atoms with Gasteiger partial charge in [-0.15, -0.1) is 0 Å². The first-order valence-corrected chi connectivity index (χ1v) is 10.6. The Balaban J connectivity index is 1.71. The fraction of sp³-hybridized carbons (Fsp3) is 0.600. The standard InChI is InChI=1S/C25H37NO2/c1-6-23(28-25-18-24(19-25)27-5)12-11-21(4)9-7-14-26-15-8-10-22(13-16-26)17-20(2)3/h6,10-12,20,24-25H,4,8,13-19H2,1-3,5H3/b12-11-,23-6+. The second-order valence-corrected chi connectivity index (χ2v) is 8.20. The second-order valence-electron chi connectivity index (χ2n) is 8.20. The molecule has 0 aromatic carbocycles. The van der Waals surface area contributed by atoms with Crippen LogP contribution in [-0.2, 0) is 9.47 Å².